The van der Waals surface area contributed by atoms with E-state index in [1.807, 2.05) is 0 Å². The van der Waals surface area contributed by atoms with Gasteiger partial charge in [-0.25, -0.2) is 10.9 Å². The van der Waals surface area contributed by atoms with Gasteiger partial charge in [-0.2, -0.15) is 51.5 Å². The number of nitrogens with one attached hydrogen (secondary N) is 2. The number of halogens is 6. The fraction of sp³-hybridized carbons (Fsp3) is 0.105. The second kappa shape index (κ2) is 9.50. The van der Waals surface area contributed by atoms with Gasteiger partial charge in [0.25, 0.3) is 0 Å². The molecule has 0 unspecified atom stereocenters. The average molecular weight is 468 g/mol. The minimum Gasteiger partial charge on any atom is -0.368 e. The average Bonchev–Trinajstić information content (AvgIpc) is 2.73. The minimum absolute atomic E-state index is 0.0853. The molecule has 0 aliphatic rings. The van der Waals surface area contributed by atoms with Crippen molar-refractivity contribution >= 4 is 30.3 Å². The van der Waals surface area contributed by atoms with Gasteiger partial charge in [0.1, 0.15) is 0 Å². The molecule has 0 aliphatic heterocycles. The van der Waals surface area contributed by atoms with Crippen LogP contribution >= 0.6 is 0 Å². The van der Waals surface area contributed by atoms with Crippen LogP contribution in [0, 0.1) is 0 Å². The number of nitrogens with zero attached hydrogens (tertiary/aromatic N) is 5. The number of aromatic nitrogens is 3. The van der Waals surface area contributed by atoms with Crippen molar-refractivity contribution in [2.75, 3.05) is 16.6 Å². The van der Waals surface area contributed by atoms with Crippen LogP contribution in [0.3, 0.4) is 0 Å². The zero-order valence-corrected chi connectivity index (χ0v) is 16.4. The Hall–Kier alpha value is -4.23. The highest BCUT2D eigenvalue weighted by atomic mass is 19.4. The van der Waals surface area contributed by atoms with Gasteiger partial charge in [0.2, 0.25) is 17.8 Å². The summed E-state index contributed by atoms with van der Waals surface area (Å²) in [6, 6.07) is 8.60. The molecule has 33 heavy (non-hydrogen) atoms. The molecule has 3 rings (SSSR count). The lowest BCUT2D eigenvalue weighted by atomic mass is 10.1. The van der Waals surface area contributed by atoms with Crippen molar-refractivity contribution in [1.29, 1.82) is 0 Å². The van der Waals surface area contributed by atoms with E-state index in [0.29, 0.717) is 11.1 Å². The first-order valence-electron chi connectivity index (χ1n) is 8.95. The number of anilines is 3. The van der Waals surface area contributed by atoms with Gasteiger partial charge in [-0.1, -0.05) is 24.3 Å². The molecule has 0 spiro atoms. The second-order valence-electron chi connectivity index (χ2n) is 6.32. The Bertz CT molecular complexity index is 1050. The Morgan fingerprint density at radius 2 is 1.00 bits per heavy atom. The Morgan fingerprint density at radius 1 is 0.636 bits per heavy atom. The summed E-state index contributed by atoms with van der Waals surface area (Å²) >= 11 is 0. The molecule has 0 amide bonds. The highest BCUT2D eigenvalue weighted by molar-refractivity contribution is 5.80. The highest BCUT2D eigenvalue weighted by Crippen LogP contribution is 2.29. The molecule has 1 heterocycles. The Balaban J connectivity index is 1.61. The normalized spacial score (nSPS) is 12.4. The number of nitrogens with two attached hydrogens (primary N) is 1. The number of hydrogen-bond acceptors (Lipinski definition) is 8. The number of alkyl halides is 6. The maximum Gasteiger partial charge on any atom is 0.416 e. The van der Waals surface area contributed by atoms with Gasteiger partial charge in [0.05, 0.1) is 23.6 Å². The molecule has 0 atom stereocenters. The maximum absolute atomic E-state index is 12.6. The van der Waals surface area contributed by atoms with Gasteiger partial charge in [-0.3, -0.25) is 0 Å². The molecule has 0 bridgehead atoms. The van der Waals surface area contributed by atoms with Gasteiger partial charge in [0, 0.05) is 0 Å². The third-order valence-corrected chi connectivity index (χ3v) is 3.89. The van der Waals surface area contributed by atoms with E-state index in [4.69, 9.17) is 5.73 Å². The summed E-state index contributed by atoms with van der Waals surface area (Å²) in [5.74, 6) is -0.361. The first-order valence-corrected chi connectivity index (χ1v) is 8.95. The van der Waals surface area contributed by atoms with Crippen LogP contribution in [0.15, 0.2) is 58.7 Å². The summed E-state index contributed by atoms with van der Waals surface area (Å²) in [5.41, 5.74) is 9.69. The van der Waals surface area contributed by atoms with E-state index < -0.39 is 23.5 Å². The lowest BCUT2D eigenvalue weighted by molar-refractivity contribution is -0.138. The number of hydrazone groups is 2. The lowest BCUT2D eigenvalue weighted by Gasteiger charge is -2.06. The number of rotatable bonds is 6. The zero-order valence-electron chi connectivity index (χ0n) is 16.4. The summed E-state index contributed by atoms with van der Waals surface area (Å²) in [7, 11) is 0. The molecule has 0 saturated heterocycles. The van der Waals surface area contributed by atoms with E-state index in [2.05, 4.69) is 36.0 Å². The Labute approximate surface area is 182 Å². The molecule has 0 saturated carbocycles. The van der Waals surface area contributed by atoms with E-state index >= 15 is 0 Å². The predicted octanol–water partition coefficient (Wildman–Crippen LogP) is 4.38. The molecule has 0 fully saturated rings. The van der Waals surface area contributed by atoms with E-state index in [0.717, 1.165) is 24.3 Å². The molecule has 0 radical (unpaired) electrons. The molecule has 3 aromatic rings. The number of hydrogen-bond donors (Lipinski definition) is 3. The number of benzene rings is 2. The third kappa shape index (κ3) is 6.88. The largest absolute Gasteiger partial charge is 0.416 e. The van der Waals surface area contributed by atoms with Crippen molar-refractivity contribution in [3.63, 3.8) is 0 Å². The molecular formula is C19H14F6N8. The first kappa shape index (κ1) is 23.4. The molecule has 2 aromatic carbocycles. The molecule has 1 aromatic heterocycles. The predicted molar refractivity (Wildman–Crippen MR) is 110 cm³/mol. The van der Waals surface area contributed by atoms with Crippen molar-refractivity contribution in [3.8, 4) is 0 Å². The Kier molecular flexibility index (Phi) is 6.75. The number of nitrogen functional groups attached to an aromatic ring is 1. The molecule has 4 N–H and O–H groups in total. The van der Waals surface area contributed by atoms with Crippen LogP contribution in [-0.4, -0.2) is 27.4 Å². The van der Waals surface area contributed by atoms with E-state index in [-0.39, 0.29) is 17.8 Å². The quantitative estimate of drug-likeness (QED) is 0.281. The van der Waals surface area contributed by atoms with Crippen LogP contribution in [0.1, 0.15) is 22.3 Å². The van der Waals surface area contributed by atoms with E-state index in [1.165, 1.54) is 36.7 Å². The van der Waals surface area contributed by atoms with E-state index in [9.17, 15) is 26.3 Å². The monoisotopic (exact) mass is 468 g/mol. The Morgan fingerprint density at radius 3 is 1.33 bits per heavy atom. The van der Waals surface area contributed by atoms with Crippen LogP contribution in [0.4, 0.5) is 44.2 Å². The smallest absolute Gasteiger partial charge is 0.368 e. The van der Waals surface area contributed by atoms with Crippen molar-refractivity contribution in [2.45, 2.75) is 12.4 Å². The van der Waals surface area contributed by atoms with Gasteiger partial charge >= 0.3 is 12.4 Å². The van der Waals surface area contributed by atoms with Gasteiger partial charge in [-0.05, 0) is 35.4 Å². The van der Waals surface area contributed by atoms with Crippen LogP contribution in [0.25, 0.3) is 0 Å². The van der Waals surface area contributed by atoms with Crippen molar-refractivity contribution < 1.29 is 26.3 Å². The molecule has 0 aliphatic carbocycles. The first-order chi connectivity index (χ1) is 15.5. The van der Waals surface area contributed by atoms with Crippen molar-refractivity contribution in [3.05, 3.63) is 70.8 Å². The SMILES string of the molecule is Nc1nc(N/N=C/c2ccc(C(F)(F)F)cc2)nc(N/N=C/c2ccc(C(F)(F)F)cc2)n1. The topological polar surface area (TPSA) is 113 Å². The summed E-state index contributed by atoms with van der Waals surface area (Å²) in [5, 5.41) is 7.64. The summed E-state index contributed by atoms with van der Waals surface area (Å²) in [6.07, 6.45) is -6.38. The molecule has 172 valence electrons. The van der Waals surface area contributed by atoms with Crippen LogP contribution < -0.4 is 16.6 Å². The molecule has 14 heteroatoms. The van der Waals surface area contributed by atoms with Gasteiger partial charge in [-0.15, -0.1) is 0 Å². The zero-order chi connectivity index (χ0) is 24.1. The standard InChI is InChI=1S/C19H14F6N8/c20-18(21,22)13-5-1-11(2-6-13)9-27-32-16-29-15(26)30-17(31-16)33-28-10-12-3-7-14(8-4-12)19(23,24)25/h1-10H,(H4,26,29,30,31,32,33)/b27-9+,28-10+. The van der Waals surface area contributed by atoms with Gasteiger partial charge < -0.3 is 5.73 Å². The maximum atomic E-state index is 12.6. The fourth-order valence-corrected chi connectivity index (χ4v) is 2.34. The fourth-order valence-electron chi connectivity index (χ4n) is 2.34. The minimum atomic E-state index is -4.44. The second-order valence-corrected chi connectivity index (χ2v) is 6.32. The highest BCUT2D eigenvalue weighted by Gasteiger charge is 2.30. The molecule has 8 nitrogen and oxygen atoms in total. The van der Waals surface area contributed by atoms with Crippen molar-refractivity contribution in [1.82, 2.24) is 15.0 Å². The van der Waals surface area contributed by atoms with Crippen LogP contribution in [0.5, 0.6) is 0 Å². The summed E-state index contributed by atoms with van der Waals surface area (Å²) in [6.45, 7) is 0. The van der Waals surface area contributed by atoms with Gasteiger partial charge in [0.15, 0.2) is 0 Å². The van der Waals surface area contributed by atoms with Crippen molar-refractivity contribution in [2.24, 2.45) is 10.2 Å². The summed E-state index contributed by atoms with van der Waals surface area (Å²) < 4.78 is 75.5. The third-order valence-electron chi connectivity index (χ3n) is 3.89. The van der Waals surface area contributed by atoms with Crippen LogP contribution in [0.2, 0.25) is 0 Å². The molecular weight excluding hydrogens is 454 g/mol. The van der Waals surface area contributed by atoms with E-state index in [1.54, 1.807) is 0 Å². The summed E-state index contributed by atoms with van der Waals surface area (Å²) in [4.78, 5) is 11.5. The van der Waals surface area contributed by atoms with Crippen LogP contribution in [-0.2, 0) is 12.4 Å². The lowest BCUT2D eigenvalue weighted by Crippen LogP contribution is -2.07.